The number of ether oxygens (including phenoxy) is 1. The van der Waals surface area contributed by atoms with Gasteiger partial charge in [-0.1, -0.05) is 12.8 Å². The van der Waals surface area contributed by atoms with Crippen molar-refractivity contribution in [2.45, 2.75) is 31.8 Å². The van der Waals surface area contributed by atoms with Crippen LogP contribution < -0.4 is 0 Å². The van der Waals surface area contributed by atoms with Crippen molar-refractivity contribution in [2.75, 3.05) is 20.2 Å². The predicted molar refractivity (Wildman–Crippen MR) is 49.3 cm³/mol. The molecule has 13 heavy (non-hydrogen) atoms. The van der Waals surface area contributed by atoms with Crippen LogP contribution in [0.5, 0.6) is 0 Å². The number of nitrogens with zero attached hydrogens (tertiary/aromatic N) is 1. The smallest absolute Gasteiger partial charge is 0.248 e. The zero-order chi connectivity index (χ0) is 9.26. The lowest BCUT2D eigenvalue weighted by Gasteiger charge is -2.29. The van der Waals surface area contributed by atoms with Crippen LogP contribution in [0.4, 0.5) is 0 Å². The highest BCUT2D eigenvalue weighted by Crippen LogP contribution is 2.28. The van der Waals surface area contributed by atoms with Crippen molar-refractivity contribution in [1.29, 1.82) is 0 Å². The van der Waals surface area contributed by atoms with E-state index in [0.717, 1.165) is 13.0 Å². The standard InChI is InChI=1S/C10H17NO2/c1-11-6-8-4-2-3-5-9(8)13-7-10(11)12/h8-9H,2-7H2,1H3/t8-,9+/m1/s1. The van der Waals surface area contributed by atoms with Gasteiger partial charge in [0, 0.05) is 19.5 Å². The van der Waals surface area contributed by atoms with Crippen LogP contribution in [0.15, 0.2) is 0 Å². The molecule has 0 radical (unpaired) electrons. The monoisotopic (exact) mass is 183 g/mol. The molecule has 3 heteroatoms. The van der Waals surface area contributed by atoms with Crippen LogP contribution in [0.3, 0.4) is 0 Å². The van der Waals surface area contributed by atoms with Gasteiger partial charge in [0.2, 0.25) is 5.91 Å². The van der Waals surface area contributed by atoms with Gasteiger partial charge in [0.25, 0.3) is 0 Å². The topological polar surface area (TPSA) is 29.5 Å². The first-order chi connectivity index (χ1) is 6.27. The molecular weight excluding hydrogens is 166 g/mol. The largest absolute Gasteiger partial charge is 0.368 e. The molecule has 3 nitrogen and oxygen atoms in total. The summed E-state index contributed by atoms with van der Waals surface area (Å²) in [4.78, 5) is 13.2. The minimum atomic E-state index is 0.134. The third-order valence-electron chi connectivity index (χ3n) is 3.19. The summed E-state index contributed by atoms with van der Waals surface area (Å²) in [7, 11) is 1.88. The maximum Gasteiger partial charge on any atom is 0.248 e. The number of carbonyl (C=O) groups excluding carboxylic acids is 1. The van der Waals surface area contributed by atoms with Gasteiger partial charge in [-0.25, -0.2) is 0 Å². The molecule has 0 aromatic carbocycles. The summed E-state index contributed by atoms with van der Waals surface area (Å²) in [6, 6.07) is 0. The van der Waals surface area contributed by atoms with E-state index in [2.05, 4.69) is 0 Å². The molecule has 1 aliphatic carbocycles. The Morgan fingerprint density at radius 1 is 1.38 bits per heavy atom. The lowest BCUT2D eigenvalue weighted by atomic mass is 9.86. The molecule has 2 rings (SSSR count). The number of hydrogen-bond donors (Lipinski definition) is 0. The average molecular weight is 183 g/mol. The quantitative estimate of drug-likeness (QED) is 0.561. The summed E-state index contributed by atoms with van der Waals surface area (Å²) < 4.78 is 5.60. The molecule has 2 aliphatic rings. The molecule has 0 spiro atoms. The Hall–Kier alpha value is -0.570. The van der Waals surface area contributed by atoms with Crippen LogP contribution in [0.2, 0.25) is 0 Å². The van der Waals surface area contributed by atoms with Crippen molar-refractivity contribution >= 4 is 5.91 Å². The van der Waals surface area contributed by atoms with Crippen molar-refractivity contribution in [1.82, 2.24) is 4.90 Å². The number of carbonyl (C=O) groups is 1. The van der Waals surface area contributed by atoms with E-state index < -0.39 is 0 Å². The van der Waals surface area contributed by atoms with Crippen molar-refractivity contribution in [3.8, 4) is 0 Å². The van der Waals surface area contributed by atoms with Crippen molar-refractivity contribution in [3.05, 3.63) is 0 Å². The molecule has 1 heterocycles. The third-order valence-corrected chi connectivity index (χ3v) is 3.19. The first kappa shape index (κ1) is 9.00. The molecule has 1 saturated carbocycles. The summed E-state index contributed by atoms with van der Waals surface area (Å²) in [5, 5.41) is 0. The van der Waals surface area contributed by atoms with Crippen LogP contribution in [0.1, 0.15) is 25.7 Å². The van der Waals surface area contributed by atoms with E-state index in [1.165, 1.54) is 19.3 Å². The summed E-state index contributed by atoms with van der Waals surface area (Å²) >= 11 is 0. The van der Waals surface area contributed by atoms with E-state index in [1.54, 1.807) is 0 Å². The molecular formula is C10H17NO2. The zero-order valence-electron chi connectivity index (χ0n) is 8.16. The predicted octanol–water partition coefficient (Wildman–Crippen LogP) is 1.03. The second-order valence-corrected chi connectivity index (χ2v) is 4.17. The second-order valence-electron chi connectivity index (χ2n) is 4.17. The van der Waals surface area contributed by atoms with Gasteiger partial charge in [0.15, 0.2) is 0 Å². The summed E-state index contributed by atoms with van der Waals surface area (Å²) in [5.41, 5.74) is 0. The van der Waals surface area contributed by atoms with E-state index in [4.69, 9.17) is 4.74 Å². The SMILES string of the molecule is CN1C[C@H]2CCCC[C@@H]2OCC1=O. The van der Waals surface area contributed by atoms with Gasteiger partial charge in [0.05, 0.1) is 6.10 Å². The fourth-order valence-corrected chi connectivity index (χ4v) is 2.34. The summed E-state index contributed by atoms with van der Waals surface area (Å²) in [6.07, 6.45) is 5.28. The first-order valence-electron chi connectivity index (χ1n) is 5.13. The third kappa shape index (κ3) is 1.85. The van der Waals surface area contributed by atoms with E-state index in [-0.39, 0.29) is 12.5 Å². The Bertz CT molecular complexity index is 205. The zero-order valence-corrected chi connectivity index (χ0v) is 8.16. The number of amides is 1. The van der Waals surface area contributed by atoms with Gasteiger partial charge in [-0.05, 0) is 12.8 Å². The maximum atomic E-state index is 11.4. The highest BCUT2D eigenvalue weighted by atomic mass is 16.5. The number of rotatable bonds is 0. The maximum absolute atomic E-state index is 11.4. The van der Waals surface area contributed by atoms with Crippen molar-refractivity contribution in [2.24, 2.45) is 5.92 Å². The van der Waals surface area contributed by atoms with Gasteiger partial charge in [-0.3, -0.25) is 4.79 Å². The minimum absolute atomic E-state index is 0.134. The molecule has 0 aromatic rings. The molecule has 74 valence electrons. The molecule has 0 bridgehead atoms. The fraction of sp³-hybridized carbons (Fsp3) is 0.900. The molecule has 1 aliphatic heterocycles. The van der Waals surface area contributed by atoms with Crippen molar-refractivity contribution < 1.29 is 9.53 Å². The van der Waals surface area contributed by atoms with Crippen LogP contribution in [0.25, 0.3) is 0 Å². The van der Waals surface area contributed by atoms with E-state index in [9.17, 15) is 4.79 Å². The van der Waals surface area contributed by atoms with E-state index in [1.807, 2.05) is 11.9 Å². The summed E-state index contributed by atoms with van der Waals surface area (Å²) in [5.74, 6) is 0.722. The lowest BCUT2D eigenvalue weighted by Crippen LogP contribution is -2.33. The highest BCUT2D eigenvalue weighted by Gasteiger charge is 2.31. The van der Waals surface area contributed by atoms with Gasteiger partial charge in [-0.15, -0.1) is 0 Å². The Morgan fingerprint density at radius 2 is 2.15 bits per heavy atom. The number of hydrogen-bond acceptors (Lipinski definition) is 2. The Balaban J connectivity index is 2.04. The van der Waals surface area contributed by atoms with Gasteiger partial charge < -0.3 is 9.64 Å². The fourth-order valence-electron chi connectivity index (χ4n) is 2.34. The lowest BCUT2D eigenvalue weighted by molar-refractivity contribution is -0.133. The van der Waals surface area contributed by atoms with Gasteiger partial charge in [-0.2, -0.15) is 0 Å². The van der Waals surface area contributed by atoms with Crippen LogP contribution in [-0.4, -0.2) is 37.1 Å². The van der Waals surface area contributed by atoms with E-state index >= 15 is 0 Å². The molecule has 2 fully saturated rings. The minimum Gasteiger partial charge on any atom is -0.368 e. The van der Waals surface area contributed by atoms with Crippen molar-refractivity contribution in [3.63, 3.8) is 0 Å². The average Bonchev–Trinajstić information content (AvgIpc) is 2.28. The normalized spacial score (nSPS) is 35.5. The second kappa shape index (κ2) is 3.66. The molecule has 0 aromatic heterocycles. The molecule has 2 atom stereocenters. The molecule has 1 saturated heterocycles. The number of fused-ring (bicyclic) bond motifs is 1. The molecule has 0 N–H and O–H groups in total. The van der Waals surface area contributed by atoms with E-state index in [0.29, 0.717) is 12.0 Å². The Labute approximate surface area is 79.0 Å². The Kier molecular flexibility index (Phi) is 2.54. The first-order valence-corrected chi connectivity index (χ1v) is 5.13. The van der Waals surface area contributed by atoms with Crippen LogP contribution in [0, 0.1) is 5.92 Å². The van der Waals surface area contributed by atoms with Gasteiger partial charge in [0.1, 0.15) is 6.61 Å². The molecule has 0 unspecified atom stereocenters. The highest BCUT2D eigenvalue weighted by molar-refractivity contribution is 5.77. The summed E-state index contributed by atoms with van der Waals surface area (Å²) in [6.45, 7) is 1.18. The van der Waals surface area contributed by atoms with Gasteiger partial charge >= 0.3 is 0 Å². The van der Waals surface area contributed by atoms with Crippen LogP contribution >= 0.6 is 0 Å². The van der Waals surface area contributed by atoms with Crippen LogP contribution in [-0.2, 0) is 9.53 Å². The number of likely N-dealkylation sites (N-methyl/N-ethyl adjacent to an activating group) is 1. The Morgan fingerprint density at radius 3 is 3.00 bits per heavy atom. The molecule has 1 amide bonds.